The molecule has 0 radical (unpaired) electrons. The molecule has 17 heavy (non-hydrogen) atoms. The lowest BCUT2D eigenvalue weighted by molar-refractivity contribution is 0.188. The molecule has 1 aliphatic heterocycles. The average Bonchev–Trinajstić information content (AvgIpc) is 2.88. The summed E-state index contributed by atoms with van der Waals surface area (Å²) >= 11 is 0. The maximum atomic E-state index is 11.6. The number of nitrogens with zero attached hydrogens (tertiary/aromatic N) is 1. The molecule has 94 valence electrons. The minimum atomic E-state index is -0.180. The molecule has 2 rings (SSSR count). The molecule has 6 heteroatoms. The molecular weight excluding hydrogens is 222 g/mol. The summed E-state index contributed by atoms with van der Waals surface area (Å²) in [5.41, 5.74) is 1.75. The zero-order valence-corrected chi connectivity index (χ0v) is 10.1. The normalized spacial score (nSPS) is 19.3. The Labute approximate surface area is 99.7 Å². The van der Waals surface area contributed by atoms with Crippen LogP contribution in [0.25, 0.3) is 0 Å². The minimum Gasteiger partial charge on any atom is -0.379 e. The van der Waals surface area contributed by atoms with E-state index in [1.54, 1.807) is 0 Å². The van der Waals surface area contributed by atoms with Crippen molar-refractivity contribution in [1.82, 2.24) is 15.8 Å². The van der Waals surface area contributed by atoms with E-state index in [-0.39, 0.29) is 12.1 Å². The van der Waals surface area contributed by atoms with E-state index in [0.29, 0.717) is 13.2 Å². The molecular formula is C11H17N3O3. The molecule has 2 heterocycles. The third kappa shape index (κ3) is 2.97. The van der Waals surface area contributed by atoms with Crippen molar-refractivity contribution in [3.63, 3.8) is 0 Å². The highest BCUT2D eigenvalue weighted by molar-refractivity contribution is 5.74. The second-order valence-electron chi connectivity index (χ2n) is 4.19. The Morgan fingerprint density at radius 3 is 2.94 bits per heavy atom. The van der Waals surface area contributed by atoms with Crippen LogP contribution in [0.1, 0.15) is 23.4 Å². The molecule has 0 aliphatic carbocycles. The van der Waals surface area contributed by atoms with E-state index < -0.39 is 0 Å². The molecule has 1 saturated heterocycles. The topological polar surface area (TPSA) is 76.4 Å². The van der Waals surface area contributed by atoms with Gasteiger partial charge in [0.1, 0.15) is 5.76 Å². The first-order valence-corrected chi connectivity index (χ1v) is 5.70. The Balaban J connectivity index is 1.79. The number of ether oxygens (including phenoxy) is 1. The summed E-state index contributed by atoms with van der Waals surface area (Å²) in [7, 11) is 0. The number of aromatic nitrogens is 1. The number of rotatable bonds is 3. The summed E-state index contributed by atoms with van der Waals surface area (Å²) < 4.78 is 10.2. The smallest absolute Gasteiger partial charge is 0.315 e. The van der Waals surface area contributed by atoms with Crippen LogP contribution in [0.3, 0.4) is 0 Å². The van der Waals surface area contributed by atoms with Gasteiger partial charge in [-0.3, -0.25) is 0 Å². The van der Waals surface area contributed by atoms with Gasteiger partial charge in [0.15, 0.2) is 0 Å². The van der Waals surface area contributed by atoms with E-state index in [4.69, 9.17) is 9.26 Å². The molecule has 2 N–H and O–H groups in total. The summed E-state index contributed by atoms with van der Waals surface area (Å²) in [4.78, 5) is 11.6. The molecule has 0 aromatic carbocycles. The van der Waals surface area contributed by atoms with Crippen LogP contribution < -0.4 is 10.6 Å². The van der Waals surface area contributed by atoms with Crippen molar-refractivity contribution in [3.05, 3.63) is 17.0 Å². The second kappa shape index (κ2) is 5.18. The SMILES string of the molecule is Cc1noc(C)c1CNC(=O)NC1CCOC1. The maximum Gasteiger partial charge on any atom is 0.315 e. The molecule has 1 aromatic rings. The zero-order chi connectivity index (χ0) is 12.3. The van der Waals surface area contributed by atoms with Gasteiger partial charge < -0.3 is 19.9 Å². The first-order valence-electron chi connectivity index (χ1n) is 5.70. The van der Waals surface area contributed by atoms with E-state index in [2.05, 4.69) is 15.8 Å². The average molecular weight is 239 g/mol. The van der Waals surface area contributed by atoms with Crippen LogP contribution >= 0.6 is 0 Å². The Bertz CT molecular complexity index is 377. The molecule has 0 bridgehead atoms. The number of amides is 2. The molecule has 1 aromatic heterocycles. The summed E-state index contributed by atoms with van der Waals surface area (Å²) in [6, 6.07) is -0.0554. The number of urea groups is 1. The number of hydrogen-bond donors (Lipinski definition) is 2. The number of aryl methyl sites for hydroxylation is 2. The van der Waals surface area contributed by atoms with Gasteiger partial charge in [0.2, 0.25) is 0 Å². The molecule has 1 aliphatic rings. The van der Waals surface area contributed by atoms with Gasteiger partial charge in [-0.1, -0.05) is 5.16 Å². The van der Waals surface area contributed by atoms with Gasteiger partial charge in [-0.05, 0) is 20.3 Å². The van der Waals surface area contributed by atoms with Gasteiger partial charge in [0, 0.05) is 18.7 Å². The first kappa shape index (κ1) is 11.9. The van der Waals surface area contributed by atoms with Crippen LogP contribution in [-0.4, -0.2) is 30.4 Å². The zero-order valence-electron chi connectivity index (χ0n) is 10.1. The molecule has 0 saturated carbocycles. The van der Waals surface area contributed by atoms with Gasteiger partial charge in [-0.15, -0.1) is 0 Å². The van der Waals surface area contributed by atoms with E-state index in [1.165, 1.54) is 0 Å². The second-order valence-corrected chi connectivity index (χ2v) is 4.19. The van der Waals surface area contributed by atoms with Gasteiger partial charge in [0.05, 0.1) is 18.3 Å². The first-order chi connectivity index (χ1) is 8.16. The lowest BCUT2D eigenvalue weighted by Gasteiger charge is -2.11. The molecule has 1 unspecified atom stereocenters. The summed E-state index contributed by atoms with van der Waals surface area (Å²) in [5, 5.41) is 9.47. The van der Waals surface area contributed by atoms with Gasteiger partial charge in [-0.25, -0.2) is 4.79 Å². The molecule has 2 amide bonds. The Morgan fingerprint density at radius 1 is 1.53 bits per heavy atom. The third-order valence-electron chi connectivity index (χ3n) is 2.87. The molecule has 6 nitrogen and oxygen atoms in total. The highest BCUT2D eigenvalue weighted by Gasteiger charge is 2.18. The van der Waals surface area contributed by atoms with Gasteiger partial charge in [-0.2, -0.15) is 0 Å². The third-order valence-corrected chi connectivity index (χ3v) is 2.87. The van der Waals surface area contributed by atoms with Crippen LogP contribution in [0.2, 0.25) is 0 Å². The molecule has 1 atom stereocenters. The summed E-state index contributed by atoms with van der Waals surface area (Å²) in [6.07, 6.45) is 0.874. The highest BCUT2D eigenvalue weighted by atomic mass is 16.5. The van der Waals surface area contributed by atoms with Crippen LogP contribution in [0, 0.1) is 13.8 Å². The molecule has 0 spiro atoms. The van der Waals surface area contributed by atoms with Crippen LogP contribution in [0.4, 0.5) is 4.79 Å². The van der Waals surface area contributed by atoms with Crippen molar-refractivity contribution in [1.29, 1.82) is 0 Å². The highest BCUT2D eigenvalue weighted by Crippen LogP contribution is 2.11. The van der Waals surface area contributed by atoms with Gasteiger partial charge >= 0.3 is 6.03 Å². The van der Waals surface area contributed by atoms with E-state index >= 15 is 0 Å². The lowest BCUT2D eigenvalue weighted by atomic mass is 10.2. The minimum absolute atomic E-state index is 0.125. The Morgan fingerprint density at radius 2 is 2.35 bits per heavy atom. The van der Waals surface area contributed by atoms with Crippen molar-refractivity contribution < 1.29 is 14.1 Å². The van der Waals surface area contributed by atoms with Crippen LogP contribution in [0.5, 0.6) is 0 Å². The number of hydrogen-bond acceptors (Lipinski definition) is 4. The predicted molar refractivity (Wildman–Crippen MR) is 60.6 cm³/mol. The molecule has 1 fully saturated rings. The van der Waals surface area contributed by atoms with Crippen molar-refractivity contribution in [3.8, 4) is 0 Å². The Kier molecular flexibility index (Phi) is 3.63. The van der Waals surface area contributed by atoms with Crippen LogP contribution in [0.15, 0.2) is 4.52 Å². The summed E-state index contributed by atoms with van der Waals surface area (Å²) in [6.45, 7) is 5.43. The van der Waals surface area contributed by atoms with Crippen molar-refractivity contribution in [2.24, 2.45) is 0 Å². The largest absolute Gasteiger partial charge is 0.379 e. The summed E-state index contributed by atoms with van der Waals surface area (Å²) in [5.74, 6) is 0.743. The van der Waals surface area contributed by atoms with Crippen molar-refractivity contribution >= 4 is 6.03 Å². The number of carbonyl (C=O) groups is 1. The van der Waals surface area contributed by atoms with Gasteiger partial charge in [0.25, 0.3) is 0 Å². The van der Waals surface area contributed by atoms with E-state index in [1.807, 2.05) is 13.8 Å². The van der Waals surface area contributed by atoms with E-state index in [9.17, 15) is 4.79 Å². The number of carbonyl (C=O) groups excluding carboxylic acids is 1. The quantitative estimate of drug-likeness (QED) is 0.821. The van der Waals surface area contributed by atoms with E-state index in [0.717, 1.165) is 30.0 Å². The van der Waals surface area contributed by atoms with Crippen molar-refractivity contribution in [2.75, 3.05) is 13.2 Å². The lowest BCUT2D eigenvalue weighted by Crippen LogP contribution is -2.42. The fraction of sp³-hybridized carbons (Fsp3) is 0.636. The van der Waals surface area contributed by atoms with Crippen LogP contribution in [-0.2, 0) is 11.3 Å². The fourth-order valence-corrected chi connectivity index (χ4v) is 1.81. The number of nitrogens with one attached hydrogen (secondary N) is 2. The Hall–Kier alpha value is -1.56. The monoisotopic (exact) mass is 239 g/mol. The maximum absolute atomic E-state index is 11.6. The van der Waals surface area contributed by atoms with Crippen molar-refractivity contribution in [2.45, 2.75) is 32.9 Å². The predicted octanol–water partition coefficient (Wildman–Crippen LogP) is 0.880. The standard InChI is InChI=1S/C11H17N3O3/c1-7-10(8(2)17-14-7)5-12-11(15)13-9-3-4-16-6-9/h9H,3-6H2,1-2H3,(H2,12,13,15). The fourth-order valence-electron chi connectivity index (χ4n) is 1.81.